The second-order valence-electron chi connectivity index (χ2n) is 8.61. The van der Waals surface area contributed by atoms with Gasteiger partial charge in [-0.05, 0) is 76.3 Å². The van der Waals surface area contributed by atoms with Crippen LogP contribution in [-0.2, 0) is 16.4 Å². The molecule has 1 aromatic carbocycles. The summed E-state index contributed by atoms with van der Waals surface area (Å²) in [6.07, 6.45) is 5.43. The van der Waals surface area contributed by atoms with E-state index in [1.807, 2.05) is 34.6 Å². The normalized spacial score (nSPS) is 12.5. The van der Waals surface area contributed by atoms with Crippen molar-refractivity contribution in [3.05, 3.63) is 46.2 Å². The van der Waals surface area contributed by atoms with Crippen molar-refractivity contribution in [3.63, 3.8) is 0 Å². The first-order valence-corrected chi connectivity index (χ1v) is 13.1. The van der Waals surface area contributed by atoms with Crippen LogP contribution in [0.5, 0.6) is 5.88 Å². The number of unbranched alkanes of at least 4 members (excludes halogenated alkanes) is 1. The largest absolute Gasteiger partial charge is 0.474 e. The van der Waals surface area contributed by atoms with Crippen LogP contribution in [0.15, 0.2) is 28.8 Å². The maximum absolute atomic E-state index is 13.7. The van der Waals surface area contributed by atoms with E-state index in [2.05, 4.69) is 12.0 Å². The van der Waals surface area contributed by atoms with Crippen molar-refractivity contribution in [1.29, 1.82) is 0 Å². The highest BCUT2D eigenvalue weighted by Gasteiger charge is 2.26. The molecule has 0 saturated carbocycles. The molecule has 2 aromatic rings. The van der Waals surface area contributed by atoms with E-state index in [9.17, 15) is 13.2 Å². The number of sulfone groups is 1. The number of aryl methyl sites for hydroxylation is 1. The molecular weight excluding hydrogens is 424 g/mol. The highest BCUT2D eigenvalue weighted by molar-refractivity contribution is 7.90. The Kier molecular flexibility index (Phi) is 8.46. The number of hydrogen-bond donors (Lipinski definition) is 0. The number of nitrogens with zero attached hydrogens (tertiary/aromatic N) is 2. The second-order valence-corrected chi connectivity index (χ2v) is 10.6. The Morgan fingerprint density at radius 3 is 2.34 bits per heavy atom. The van der Waals surface area contributed by atoms with E-state index in [0.717, 1.165) is 30.4 Å². The van der Waals surface area contributed by atoms with Crippen molar-refractivity contribution >= 4 is 21.2 Å². The minimum Gasteiger partial charge on any atom is -0.474 e. The van der Waals surface area contributed by atoms with Crippen LogP contribution in [0.2, 0.25) is 0 Å². The Hall–Kier alpha value is -2.41. The molecule has 176 valence electrons. The van der Waals surface area contributed by atoms with Gasteiger partial charge in [0.15, 0.2) is 15.6 Å². The first-order valence-electron chi connectivity index (χ1n) is 11.2. The van der Waals surface area contributed by atoms with Crippen LogP contribution in [0.1, 0.15) is 87.9 Å². The van der Waals surface area contributed by atoms with Crippen LogP contribution in [0.3, 0.4) is 0 Å². The molecule has 1 heterocycles. The molecule has 1 unspecified atom stereocenters. The smallest absolute Gasteiger partial charge is 0.223 e. The molecule has 0 aliphatic rings. The summed E-state index contributed by atoms with van der Waals surface area (Å²) < 4.78 is 32.8. The summed E-state index contributed by atoms with van der Waals surface area (Å²) in [6.45, 7) is 14.3. The SMILES string of the molecule is CCCCn1ncc(C(=O)c2ccc(S(C)(=O)=O)c(C(C)=C(C)C)c2C)c1OC(C)CC. The van der Waals surface area contributed by atoms with Crippen LogP contribution in [0.4, 0.5) is 0 Å². The van der Waals surface area contributed by atoms with Gasteiger partial charge in [-0.1, -0.05) is 25.8 Å². The Morgan fingerprint density at radius 2 is 1.81 bits per heavy atom. The zero-order chi connectivity index (χ0) is 24.2. The Morgan fingerprint density at radius 1 is 1.16 bits per heavy atom. The molecule has 32 heavy (non-hydrogen) atoms. The lowest BCUT2D eigenvalue weighted by Gasteiger charge is -2.18. The van der Waals surface area contributed by atoms with Crippen molar-refractivity contribution in [1.82, 2.24) is 9.78 Å². The van der Waals surface area contributed by atoms with Gasteiger partial charge in [-0.15, -0.1) is 0 Å². The van der Waals surface area contributed by atoms with Crippen LogP contribution in [0, 0.1) is 6.92 Å². The molecule has 0 spiro atoms. The third kappa shape index (κ3) is 5.49. The molecule has 1 atom stereocenters. The van der Waals surface area contributed by atoms with E-state index < -0.39 is 9.84 Å². The summed E-state index contributed by atoms with van der Waals surface area (Å²) in [5.41, 5.74) is 3.95. The van der Waals surface area contributed by atoms with Gasteiger partial charge in [0.05, 0.1) is 17.2 Å². The van der Waals surface area contributed by atoms with Gasteiger partial charge in [-0.2, -0.15) is 5.10 Å². The van der Waals surface area contributed by atoms with Crippen LogP contribution in [-0.4, -0.2) is 36.3 Å². The number of hydrogen-bond acceptors (Lipinski definition) is 5. The lowest BCUT2D eigenvalue weighted by Crippen LogP contribution is -2.17. The van der Waals surface area contributed by atoms with Crippen molar-refractivity contribution < 1.29 is 17.9 Å². The second kappa shape index (κ2) is 10.5. The summed E-state index contributed by atoms with van der Waals surface area (Å²) in [7, 11) is -3.46. The van der Waals surface area contributed by atoms with Crippen molar-refractivity contribution in [2.75, 3.05) is 6.26 Å². The fourth-order valence-corrected chi connectivity index (χ4v) is 4.49. The number of ether oxygens (including phenoxy) is 1. The number of carbonyl (C=O) groups excluding carboxylic acids is 1. The molecule has 0 bridgehead atoms. The van der Waals surface area contributed by atoms with Crippen molar-refractivity contribution in [2.24, 2.45) is 0 Å². The third-order valence-corrected chi connectivity index (χ3v) is 6.98. The molecule has 0 aliphatic heterocycles. The molecular formula is C25H36N2O4S. The minimum atomic E-state index is -3.46. The maximum atomic E-state index is 13.7. The zero-order valence-electron chi connectivity index (χ0n) is 20.6. The lowest BCUT2D eigenvalue weighted by atomic mass is 9.91. The van der Waals surface area contributed by atoms with E-state index in [1.54, 1.807) is 23.9 Å². The van der Waals surface area contributed by atoms with E-state index >= 15 is 0 Å². The maximum Gasteiger partial charge on any atom is 0.223 e. The standard InChI is InChI=1S/C25H36N2O4S/c1-9-11-14-27-25(31-17(5)10-2)21(15-26-27)24(28)20-12-13-22(32(8,29)30)23(19(20)7)18(6)16(3)4/h12-13,15,17H,9-11,14H2,1-8H3. The highest BCUT2D eigenvalue weighted by atomic mass is 32.2. The lowest BCUT2D eigenvalue weighted by molar-refractivity contribution is 0.102. The van der Waals surface area contributed by atoms with E-state index in [0.29, 0.717) is 34.7 Å². The fourth-order valence-electron chi connectivity index (χ4n) is 3.50. The average molecular weight is 461 g/mol. The molecule has 0 N–H and O–H groups in total. The zero-order valence-corrected chi connectivity index (χ0v) is 21.4. The average Bonchev–Trinajstić information content (AvgIpc) is 3.12. The number of rotatable bonds is 10. The van der Waals surface area contributed by atoms with E-state index in [4.69, 9.17) is 4.74 Å². The monoisotopic (exact) mass is 460 g/mol. The number of benzene rings is 1. The molecule has 6 nitrogen and oxygen atoms in total. The van der Waals surface area contributed by atoms with Gasteiger partial charge in [0.1, 0.15) is 5.56 Å². The highest BCUT2D eigenvalue weighted by Crippen LogP contribution is 2.33. The topological polar surface area (TPSA) is 78.3 Å². The summed E-state index contributed by atoms with van der Waals surface area (Å²) in [4.78, 5) is 13.9. The van der Waals surface area contributed by atoms with Gasteiger partial charge in [0, 0.05) is 18.4 Å². The third-order valence-electron chi connectivity index (χ3n) is 5.84. The number of ketones is 1. The van der Waals surface area contributed by atoms with Gasteiger partial charge in [0.25, 0.3) is 0 Å². The van der Waals surface area contributed by atoms with Crippen LogP contribution >= 0.6 is 0 Å². The van der Waals surface area contributed by atoms with E-state index in [1.165, 1.54) is 12.3 Å². The molecule has 1 aromatic heterocycles. The first-order chi connectivity index (χ1) is 14.9. The number of carbonyl (C=O) groups is 1. The molecule has 0 aliphatic carbocycles. The van der Waals surface area contributed by atoms with Gasteiger partial charge >= 0.3 is 0 Å². The van der Waals surface area contributed by atoms with Crippen molar-refractivity contribution in [2.45, 2.75) is 85.3 Å². The minimum absolute atomic E-state index is 0.0594. The summed E-state index contributed by atoms with van der Waals surface area (Å²) in [5.74, 6) is 0.260. The molecule has 0 fully saturated rings. The van der Waals surface area contributed by atoms with Gasteiger partial charge in [-0.3, -0.25) is 4.79 Å². The Balaban J connectivity index is 2.70. The van der Waals surface area contributed by atoms with Crippen LogP contribution < -0.4 is 4.74 Å². The fraction of sp³-hybridized carbons (Fsp3) is 0.520. The molecule has 2 rings (SSSR count). The molecule has 0 radical (unpaired) electrons. The van der Waals surface area contributed by atoms with Crippen LogP contribution in [0.25, 0.3) is 5.57 Å². The Bertz CT molecular complexity index is 1120. The predicted molar refractivity (Wildman–Crippen MR) is 129 cm³/mol. The summed E-state index contributed by atoms with van der Waals surface area (Å²) >= 11 is 0. The quantitative estimate of drug-likeness (QED) is 0.430. The first kappa shape index (κ1) is 25.8. The predicted octanol–water partition coefficient (Wildman–Crippen LogP) is 5.62. The Labute approximate surface area is 192 Å². The summed E-state index contributed by atoms with van der Waals surface area (Å²) in [5, 5.41) is 4.43. The molecule has 0 amide bonds. The van der Waals surface area contributed by atoms with Gasteiger partial charge in [-0.25, -0.2) is 13.1 Å². The number of allylic oxidation sites excluding steroid dienone is 2. The number of aromatic nitrogens is 2. The summed E-state index contributed by atoms with van der Waals surface area (Å²) in [6, 6.07) is 3.14. The van der Waals surface area contributed by atoms with Gasteiger partial charge in [0.2, 0.25) is 5.88 Å². The van der Waals surface area contributed by atoms with E-state index in [-0.39, 0.29) is 16.8 Å². The molecule has 0 saturated heterocycles. The van der Waals surface area contributed by atoms with Crippen molar-refractivity contribution in [3.8, 4) is 5.88 Å². The van der Waals surface area contributed by atoms with Gasteiger partial charge < -0.3 is 4.74 Å². The molecule has 7 heteroatoms.